The van der Waals surface area contributed by atoms with Crippen molar-refractivity contribution in [2.45, 2.75) is 25.8 Å². The quantitative estimate of drug-likeness (QED) is 0.636. The maximum Gasteiger partial charge on any atom is 0.306 e. The van der Waals surface area contributed by atoms with Gasteiger partial charge in [0.2, 0.25) is 0 Å². The Morgan fingerprint density at radius 3 is 2.94 bits per heavy atom. The van der Waals surface area contributed by atoms with E-state index in [1.165, 1.54) is 0 Å². The van der Waals surface area contributed by atoms with Gasteiger partial charge in [-0.1, -0.05) is 0 Å². The van der Waals surface area contributed by atoms with Crippen LogP contribution in [0, 0.1) is 5.92 Å². The number of hydrogen-bond donors (Lipinski definition) is 2. The van der Waals surface area contributed by atoms with Crippen LogP contribution in [0.15, 0.2) is 0 Å². The van der Waals surface area contributed by atoms with Gasteiger partial charge in [-0.05, 0) is 26.3 Å². The highest BCUT2D eigenvalue weighted by molar-refractivity contribution is 5.69. The molecule has 0 saturated carbocycles. The van der Waals surface area contributed by atoms with Crippen LogP contribution in [0.5, 0.6) is 0 Å². The molecule has 100 valence electrons. The van der Waals surface area contributed by atoms with Crippen LogP contribution in [-0.2, 0) is 9.53 Å². The summed E-state index contributed by atoms with van der Waals surface area (Å²) in [6, 6.07) is 0.361. The molecule has 0 spiro atoms. The first-order valence-corrected chi connectivity index (χ1v) is 6.34. The van der Waals surface area contributed by atoms with Crippen molar-refractivity contribution in [3.8, 4) is 0 Å². The van der Waals surface area contributed by atoms with Crippen molar-refractivity contribution in [2.75, 3.05) is 39.9 Å². The van der Waals surface area contributed by atoms with Crippen LogP contribution in [0.25, 0.3) is 0 Å². The number of hydrogen-bond acceptors (Lipinski definition) is 5. The van der Waals surface area contributed by atoms with Crippen molar-refractivity contribution in [3.05, 3.63) is 0 Å². The predicted octanol–water partition coefficient (Wildman–Crippen LogP) is -0.158. The highest BCUT2D eigenvalue weighted by atomic mass is 16.5. The molecule has 5 heteroatoms. The first kappa shape index (κ1) is 14.4. The van der Waals surface area contributed by atoms with Gasteiger partial charge in [0.1, 0.15) is 0 Å². The second kappa shape index (κ2) is 7.63. The summed E-state index contributed by atoms with van der Waals surface area (Å²) in [6.45, 7) is 4.97. The Balaban J connectivity index is 2.36. The van der Waals surface area contributed by atoms with Gasteiger partial charge >= 0.3 is 5.97 Å². The van der Waals surface area contributed by atoms with Gasteiger partial charge in [-0.2, -0.15) is 0 Å². The maximum atomic E-state index is 11.4. The fraction of sp³-hybridized carbons (Fsp3) is 0.917. The molecule has 5 nitrogen and oxygen atoms in total. The summed E-state index contributed by atoms with van der Waals surface area (Å²) in [5.41, 5.74) is 0. The van der Waals surface area contributed by atoms with E-state index in [1.807, 2.05) is 6.92 Å². The molecule has 0 amide bonds. The van der Waals surface area contributed by atoms with Crippen LogP contribution < -0.4 is 5.32 Å². The van der Waals surface area contributed by atoms with Gasteiger partial charge in [0.05, 0.1) is 13.2 Å². The zero-order valence-corrected chi connectivity index (χ0v) is 10.8. The van der Waals surface area contributed by atoms with E-state index in [-0.39, 0.29) is 12.6 Å². The lowest BCUT2D eigenvalue weighted by molar-refractivity contribution is -0.144. The van der Waals surface area contributed by atoms with Gasteiger partial charge in [0, 0.05) is 32.1 Å². The van der Waals surface area contributed by atoms with Crippen LogP contribution in [0.2, 0.25) is 0 Å². The smallest absolute Gasteiger partial charge is 0.306 e. The molecule has 1 heterocycles. The van der Waals surface area contributed by atoms with Crippen molar-refractivity contribution in [2.24, 2.45) is 5.92 Å². The topological polar surface area (TPSA) is 61.8 Å². The predicted molar refractivity (Wildman–Crippen MR) is 65.7 cm³/mol. The molecule has 17 heavy (non-hydrogen) atoms. The summed E-state index contributed by atoms with van der Waals surface area (Å²) in [5, 5.41) is 12.1. The summed E-state index contributed by atoms with van der Waals surface area (Å²) in [6.07, 6.45) is 1.47. The summed E-state index contributed by atoms with van der Waals surface area (Å²) in [4.78, 5) is 13.7. The van der Waals surface area contributed by atoms with Crippen LogP contribution in [-0.4, -0.2) is 61.9 Å². The van der Waals surface area contributed by atoms with Gasteiger partial charge in [-0.15, -0.1) is 0 Å². The third-order valence-corrected chi connectivity index (χ3v) is 3.03. The number of aliphatic hydroxyl groups excluding tert-OH is 1. The number of likely N-dealkylation sites (N-methyl/N-ethyl adjacent to an activating group) is 1. The molecule has 1 aliphatic rings. The third kappa shape index (κ3) is 5.48. The van der Waals surface area contributed by atoms with Gasteiger partial charge in [0.25, 0.3) is 0 Å². The maximum absolute atomic E-state index is 11.4. The van der Waals surface area contributed by atoms with E-state index < -0.39 is 0 Å². The second-order valence-electron chi connectivity index (χ2n) is 4.71. The van der Waals surface area contributed by atoms with Crippen molar-refractivity contribution >= 4 is 5.97 Å². The minimum absolute atomic E-state index is 0.103. The fourth-order valence-electron chi connectivity index (χ4n) is 2.46. The van der Waals surface area contributed by atoms with Gasteiger partial charge in [0.15, 0.2) is 0 Å². The Morgan fingerprint density at radius 2 is 2.29 bits per heavy atom. The number of likely N-dealkylation sites (tertiary alicyclic amines) is 1. The summed E-state index contributed by atoms with van der Waals surface area (Å²) < 4.78 is 4.98. The molecule has 0 aromatic heterocycles. The van der Waals surface area contributed by atoms with Crippen LogP contribution in [0.4, 0.5) is 0 Å². The van der Waals surface area contributed by atoms with Gasteiger partial charge in [-0.25, -0.2) is 0 Å². The second-order valence-corrected chi connectivity index (χ2v) is 4.71. The first-order chi connectivity index (χ1) is 8.15. The molecule has 1 aliphatic heterocycles. The number of carbonyl (C=O) groups excluding carboxylic acids is 1. The lowest BCUT2D eigenvalue weighted by atomic mass is 9.92. The first-order valence-electron chi connectivity index (χ1n) is 6.34. The van der Waals surface area contributed by atoms with E-state index in [9.17, 15) is 4.79 Å². The Labute approximate surface area is 103 Å². The van der Waals surface area contributed by atoms with E-state index in [4.69, 9.17) is 9.84 Å². The largest absolute Gasteiger partial charge is 0.466 e. The number of esters is 1. The third-order valence-electron chi connectivity index (χ3n) is 3.03. The van der Waals surface area contributed by atoms with Crippen LogP contribution in [0.3, 0.4) is 0 Å². The molecule has 0 bridgehead atoms. The molecule has 1 rings (SSSR count). The average molecular weight is 244 g/mol. The summed E-state index contributed by atoms with van der Waals surface area (Å²) >= 11 is 0. The summed E-state index contributed by atoms with van der Waals surface area (Å²) in [5.74, 6) is 0.248. The van der Waals surface area contributed by atoms with Gasteiger partial charge in [-0.3, -0.25) is 4.79 Å². The molecule has 0 radical (unpaired) electrons. The fourth-order valence-corrected chi connectivity index (χ4v) is 2.46. The Hall–Kier alpha value is -0.650. The SMILES string of the molecule is CCOC(=O)CC1CC(NCCO)CN(C)C1. The van der Waals surface area contributed by atoms with Gasteiger partial charge < -0.3 is 20.1 Å². The molecule has 2 N–H and O–H groups in total. The Kier molecular flexibility index (Phi) is 6.47. The van der Waals surface area contributed by atoms with E-state index in [2.05, 4.69) is 17.3 Å². The lowest BCUT2D eigenvalue weighted by Crippen LogP contribution is -2.48. The average Bonchev–Trinajstić information content (AvgIpc) is 2.25. The molecule has 2 unspecified atom stereocenters. The normalized spacial score (nSPS) is 25.8. The van der Waals surface area contributed by atoms with E-state index in [0.29, 0.717) is 31.5 Å². The number of rotatable bonds is 6. The minimum Gasteiger partial charge on any atom is -0.466 e. The number of nitrogens with zero attached hydrogens (tertiary/aromatic N) is 1. The van der Waals surface area contributed by atoms with E-state index >= 15 is 0 Å². The highest BCUT2D eigenvalue weighted by Crippen LogP contribution is 2.19. The van der Waals surface area contributed by atoms with Crippen LogP contribution in [0.1, 0.15) is 19.8 Å². The zero-order chi connectivity index (χ0) is 12.7. The van der Waals surface area contributed by atoms with Crippen LogP contribution >= 0.6 is 0 Å². The number of carbonyl (C=O) groups is 1. The van der Waals surface area contributed by atoms with Crippen molar-refractivity contribution in [1.82, 2.24) is 10.2 Å². The molecular weight excluding hydrogens is 220 g/mol. The Bertz CT molecular complexity index is 236. The zero-order valence-electron chi connectivity index (χ0n) is 10.8. The standard InChI is InChI=1S/C12H24N2O3/c1-3-17-12(16)7-10-6-11(13-4-5-15)9-14(2)8-10/h10-11,13,15H,3-9H2,1-2H3. The molecule has 0 aromatic rings. The molecule has 1 saturated heterocycles. The van der Waals surface area contributed by atoms with E-state index in [0.717, 1.165) is 19.5 Å². The molecule has 1 fully saturated rings. The lowest BCUT2D eigenvalue weighted by Gasteiger charge is -2.35. The van der Waals surface area contributed by atoms with Crippen molar-refractivity contribution in [1.29, 1.82) is 0 Å². The number of piperidine rings is 1. The number of aliphatic hydroxyl groups is 1. The Morgan fingerprint density at radius 1 is 1.53 bits per heavy atom. The molecular formula is C12H24N2O3. The molecule has 2 atom stereocenters. The number of nitrogens with one attached hydrogen (secondary N) is 1. The molecule has 0 aliphatic carbocycles. The summed E-state index contributed by atoms with van der Waals surface area (Å²) in [7, 11) is 2.06. The monoisotopic (exact) mass is 244 g/mol. The van der Waals surface area contributed by atoms with Crippen molar-refractivity contribution in [3.63, 3.8) is 0 Å². The highest BCUT2D eigenvalue weighted by Gasteiger charge is 2.26. The van der Waals surface area contributed by atoms with E-state index in [1.54, 1.807) is 0 Å². The minimum atomic E-state index is -0.103. The molecule has 0 aromatic carbocycles. The van der Waals surface area contributed by atoms with Crippen molar-refractivity contribution < 1.29 is 14.6 Å². The number of ether oxygens (including phenoxy) is 1.